The Balaban J connectivity index is 1.73. The Hall–Kier alpha value is -0.0400. The standard InChI is InChI=1S/C18H35N/c1-6-8-14-9-7-10-15(12-11-14)19-13-16-17(2,3)18(16,4)5/h14-16,19H,6-13H2,1-5H3. The van der Waals surface area contributed by atoms with E-state index in [-0.39, 0.29) is 0 Å². The molecule has 0 aromatic heterocycles. The topological polar surface area (TPSA) is 12.0 Å². The largest absolute Gasteiger partial charge is 0.314 e. The van der Waals surface area contributed by atoms with E-state index in [9.17, 15) is 0 Å². The Morgan fingerprint density at radius 2 is 1.63 bits per heavy atom. The third-order valence-corrected chi connectivity index (χ3v) is 6.72. The Kier molecular flexibility index (Phi) is 4.65. The first-order valence-corrected chi connectivity index (χ1v) is 8.63. The van der Waals surface area contributed by atoms with Gasteiger partial charge in [-0.05, 0) is 48.5 Å². The normalized spacial score (nSPS) is 33.9. The van der Waals surface area contributed by atoms with Crippen molar-refractivity contribution in [2.24, 2.45) is 22.7 Å². The molecule has 2 rings (SSSR count). The van der Waals surface area contributed by atoms with Crippen LogP contribution < -0.4 is 5.32 Å². The van der Waals surface area contributed by atoms with E-state index < -0.39 is 0 Å². The average Bonchev–Trinajstić information content (AvgIpc) is 2.83. The third-order valence-electron chi connectivity index (χ3n) is 6.72. The van der Waals surface area contributed by atoms with Gasteiger partial charge in [0.15, 0.2) is 0 Å². The number of rotatable bonds is 5. The van der Waals surface area contributed by atoms with Crippen LogP contribution in [0.15, 0.2) is 0 Å². The van der Waals surface area contributed by atoms with Gasteiger partial charge in [0.05, 0.1) is 0 Å². The summed E-state index contributed by atoms with van der Waals surface area (Å²) in [6.45, 7) is 13.3. The van der Waals surface area contributed by atoms with Crippen molar-refractivity contribution in [2.75, 3.05) is 6.54 Å². The molecule has 0 aromatic carbocycles. The number of nitrogens with one attached hydrogen (secondary N) is 1. The zero-order chi connectivity index (χ0) is 14.1. The van der Waals surface area contributed by atoms with Crippen LogP contribution >= 0.6 is 0 Å². The van der Waals surface area contributed by atoms with Crippen LogP contribution in [-0.4, -0.2) is 12.6 Å². The minimum Gasteiger partial charge on any atom is -0.314 e. The molecular weight excluding hydrogens is 230 g/mol. The SMILES string of the molecule is CCCC1CCCC(NCC2C(C)(C)C2(C)C)CC1. The van der Waals surface area contributed by atoms with Crippen LogP contribution in [0.1, 0.15) is 79.6 Å². The van der Waals surface area contributed by atoms with Crippen molar-refractivity contribution >= 4 is 0 Å². The number of hydrogen-bond acceptors (Lipinski definition) is 1. The summed E-state index contributed by atoms with van der Waals surface area (Å²) in [5.74, 6) is 1.89. The van der Waals surface area contributed by atoms with Gasteiger partial charge in [0.2, 0.25) is 0 Å². The molecule has 0 spiro atoms. The fraction of sp³-hybridized carbons (Fsp3) is 1.00. The highest BCUT2D eigenvalue weighted by Crippen LogP contribution is 2.67. The second-order valence-corrected chi connectivity index (χ2v) is 8.26. The van der Waals surface area contributed by atoms with E-state index in [1.165, 1.54) is 51.5 Å². The highest BCUT2D eigenvalue weighted by molar-refractivity contribution is 5.12. The number of hydrogen-bond donors (Lipinski definition) is 1. The molecule has 0 amide bonds. The van der Waals surface area contributed by atoms with E-state index in [4.69, 9.17) is 0 Å². The second-order valence-electron chi connectivity index (χ2n) is 8.26. The van der Waals surface area contributed by atoms with Gasteiger partial charge < -0.3 is 5.32 Å². The lowest BCUT2D eigenvalue weighted by atomic mass is 9.95. The highest BCUT2D eigenvalue weighted by Gasteiger charge is 2.63. The van der Waals surface area contributed by atoms with Crippen molar-refractivity contribution in [3.8, 4) is 0 Å². The summed E-state index contributed by atoms with van der Waals surface area (Å²) >= 11 is 0. The Bertz CT molecular complexity index is 278. The molecule has 1 heteroatoms. The maximum Gasteiger partial charge on any atom is 0.00672 e. The maximum atomic E-state index is 3.90. The second kappa shape index (κ2) is 5.76. The van der Waals surface area contributed by atoms with Gasteiger partial charge in [-0.1, -0.05) is 60.3 Å². The molecule has 2 saturated carbocycles. The molecule has 0 saturated heterocycles. The van der Waals surface area contributed by atoms with Crippen LogP contribution in [0, 0.1) is 22.7 Å². The fourth-order valence-electron chi connectivity index (χ4n) is 4.41. The van der Waals surface area contributed by atoms with Crippen LogP contribution in [0.4, 0.5) is 0 Å². The van der Waals surface area contributed by atoms with E-state index in [1.807, 2.05) is 0 Å². The quantitative estimate of drug-likeness (QED) is 0.689. The molecule has 0 radical (unpaired) electrons. The van der Waals surface area contributed by atoms with E-state index in [2.05, 4.69) is 39.9 Å². The van der Waals surface area contributed by atoms with Crippen LogP contribution in [0.5, 0.6) is 0 Å². The minimum absolute atomic E-state index is 0.537. The summed E-state index contributed by atoms with van der Waals surface area (Å²) in [6.07, 6.45) is 10.0. The van der Waals surface area contributed by atoms with Crippen LogP contribution in [0.25, 0.3) is 0 Å². The molecule has 2 fully saturated rings. The predicted molar refractivity (Wildman–Crippen MR) is 84.3 cm³/mol. The van der Waals surface area contributed by atoms with Gasteiger partial charge in [-0.2, -0.15) is 0 Å². The lowest BCUT2D eigenvalue weighted by Crippen LogP contribution is -2.31. The predicted octanol–water partition coefficient (Wildman–Crippen LogP) is 5.01. The van der Waals surface area contributed by atoms with Gasteiger partial charge in [-0.25, -0.2) is 0 Å². The summed E-state index contributed by atoms with van der Waals surface area (Å²) in [5.41, 5.74) is 1.07. The lowest BCUT2D eigenvalue weighted by molar-refractivity contribution is 0.399. The molecule has 0 heterocycles. The van der Waals surface area contributed by atoms with Crippen molar-refractivity contribution in [3.05, 3.63) is 0 Å². The van der Waals surface area contributed by atoms with Crippen LogP contribution in [0.2, 0.25) is 0 Å². The molecule has 2 aliphatic carbocycles. The molecule has 2 aliphatic rings. The summed E-state index contributed by atoms with van der Waals surface area (Å²) < 4.78 is 0. The Labute approximate surface area is 120 Å². The van der Waals surface area contributed by atoms with Gasteiger partial charge >= 0.3 is 0 Å². The van der Waals surface area contributed by atoms with E-state index in [0.29, 0.717) is 10.8 Å². The molecule has 1 nitrogen and oxygen atoms in total. The maximum absolute atomic E-state index is 3.90. The summed E-state index contributed by atoms with van der Waals surface area (Å²) in [6, 6.07) is 0.800. The Morgan fingerprint density at radius 3 is 2.21 bits per heavy atom. The molecule has 0 aliphatic heterocycles. The lowest BCUT2D eigenvalue weighted by Gasteiger charge is -2.17. The van der Waals surface area contributed by atoms with Crippen molar-refractivity contribution in [1.29, 1.82) is 0 Å². The van der Waals surface area contributed by atoms with Gasteiger partial charge in [0.1, 0.15) is 0 Å². The third kappa shape index (κ3) is 3.17. The van der Waals surface area contributed by atoms with Gasteiger partial charge in [0.25, 0.3) is 0 Å². The first-order valence-electron chi connectivity index (χ1n) is 8.63. The minimum atomic E-state index is 0.537. The van der Waals surface area contributed by atoms with E-state index in [0.717, 1.165) is 17.9 Å². The van der Waals surface area contributed by atoms with Crippen molar-refractivity contribution in [2.45, 2.75) is 85.6 Å². The molecular formula is C18H35N. The first-order chi connectivity index (χ1) is 8.89. The van der Waals surface area contributed by atoms with Gasteiger partial charge in [-0.3, -0.25) is 0 Å². The summed E-state index contributed by atoms with van der Waals surface area (Å²) in [5, 5.41) is 3.90. The smallest absolute Gasteiger partial charge is 0.00672 e. The monoisotopic (exact) mass is 265 g/mol. The molecule has 2 atom stereocenters. The molecule has 112 valence electrons. The average molecular weight is 265 g/mol. The fourth-order valence-corrected chi connectivity index (χ4v) is 4.41. The Morgan fingerprint density at radius 1 is 0.947 bits per heavy atom. The van der Waals surface area contributed by atoms with Crippen molar-refractivity contribution in [3.63, 3.8) is 0 Å². The molecule has 19 heavy (non-hydrogen) atoms. The van der Waals surface area contributed by atoms with E-state index in [1.54, 1.807) is 0 Å². The van der Waals surface area contributed by atoms with Crippen LogP contribution in [0.3, 0.4) is 0 Å². The van der Waals surface area contributed by atoms with Gasteiger partial charge in [0, 0.05) is 6.04 Å². The summed E-state index contributed by atoms with van der Waals surface area (Å²) in [4.78, 5) is 0. The zero-order valence-electron chi connectivity index (χ0n) is 13.9. The van der Waals surface area contributed by atoms with Gasteiger partial charge in [-0.15, -0.1) is 0 Å². The molecule has 1 N–H and O–H groups in total. The molecule has 2 unspecified atom stereocenters. The van der Waals surface area contributed by atoms with Crippen LogP contribution in [-0.2, 0) is 0 Å². The molecule has 0 aromatic rings. The molecule has 0 bridgehead atoms. The zero-order valence-corrected chi connectivity index (χ0v) is 13.9. The first kappa shape index (κ1) is 15.4. The van der Waals surface area contributed by atoms with Crippen molar-refractivity contribution < 1.29 is 0 Å². The highest BCUT2D eigenvalue weighted by atomic mass is 14.9. The van der Waals surface area contributed by atoms with E-state index >= 15 is 0 Å². The summed E-state index contributed by atoms with van der Waals surface area (Å²) in [7, 11) is 0. The van der Waals surface area contributed by atoms with Crippen molar-refractivity contribution in [1.82, 2.24) is 5.32 Å².